The molecule has 1 fully saturated rings. The maximum Gasteiger partial charge on any atom is 0.323 e. The van der Waals surface area contributed by atoms with Gasteiger partial charge in [-0.05, 0) is 26.7 Å². The molecule has 0 aromatic carbocycles. The zero-order chi connectivity index (χ0) is 17.9. The molecule has 1 saturated heterocycles. The molecule has 0 unspecified atom stereocenters. The summed E-state index contributed by atoms with van der Waals surface area (Å²) in [6.45, 7) is 9.16. The first-order chi connectivity index (χ1) is 12.2. The van der Waals surface area contributed by atoms with Crippen LogP contribution in [-0.4, -0.2) is 73.7 Å². The monoisotopic (exact) mass is 354 g/mol. The van der Waals surface area contributed by atoms with Crippen LogP contribution < -0.4 is 20.7 Å². The average Bonchev–Trinajstić information content (AvgIpc) is 3.11. The van der Waals surface area contributed by atoms with Crippen LogP contribution in [0.4, 0.5) is 11.9 Å². The van der Waals surface area contributed by atoms with Crippen molar-refractivity contribution in [1.29, 1.82) is 0 Å². The highest BCUT2D eigenvalue weighted by molar-refractivity contribution is 5.39. The second-order valence-corrected chi connectivity index (χ2v) is 6.04. The second kappa shape index (κ2) is 11.0. The Morgan fingerprint density at radius 3 is 2.44 bits per heavy atom. The van der Waals surface area contributed by atoms with Crippen molar-refractivity contribution in [1.82, 2.24) is 15.0 Å². The SMILES string of the molecule is CC(C)Oc1nc(NCCOCCOCCN)nc(N2CCCC2)n1. The van der Waals surface area contributed by atoms with Gasteiger partial charge in [-0.1, -0.05) is 0 Å². The lowest BCUT2D eigenvalue weighted by Gasteiger charge is -2.17. The average molecular weight is 354 g/mol. The summed E-state index contributed by atoms with van der Waals surface area (Å²) in [4.78, 5) is 15.4. The van der Waals surface area contributed by atoms with E-state index in [9.17, 15) is 0 Å². The van der Waals surface area contributed by atoms with Crippen LogP contribution >= 0.6 is 0 Å². The van der Waals surface area contributed by atoms with Gasteiger partial charge >= 0.3 is 6.01 Å². The third-order valence-electron chi connectivity index (χ3n) is 3.50. The lowest BCUT2D eigenvalue weighted by atomic mass is 10.4. The van der Waals surface area contributed by atoms with Crippen LogP contribution in [0.25, 0.3) is 0 Å². The minimum Gasteiger partial charge on any atom is -0.461 e. The molecular weight excluding hydrogens is 324 g/mol. The Hall–Kier alpha value is -1.71. The number of ether oxygens (including phenoxy) is 3. The van der Waals surface area contributed by atoms with E-state index in [0.29, 0.717) is 57.4 Å². The molecule has 0 atom stereocenters. The second-order valence-electron chi connectivity index (χ2n) is 6.04. The van der Waals surface area contributed by atoms with Gasteiger partial charge in [0.25, 0.3) is 0 Å². The first kappa shape index (κ1) is 19.6. The van der Waals surface area contributed by atoms with Gasteiger partial charge in [-0.2, -0.15) is 15.0 Å². The number of hydrogen-bond acceptors (Lipinski definition) is 9. The summed E-state index contributed by atoms with van der Waals surface area (Å²) in [6.07, 6.45) is 2.34. The van der Waals surface area contributed by atoms with Crippen LogP contribution in [0.1, 0.15) is 26.7 Å². The number of rotatable bonds is 12. The van der Waals surface area contributed by atoms with E-state index in [2.05, 4.69) is 25.2 Å². The molecule has 1 aromatic heterocycles. The van der Waals surface area contributed by atoms with Gasteiger partial charge in [-0.15, -0.1) is 0 Å². The smallest absolute Gasteiger partial charge is 0.323 e. The molecule has 1 aromatic rings. The van der Waals surface area contributed by atoms with E-state index >= 15 is 0 Å². The van der Waals surface area contributed by atoms with Crippen LogP contribution in [0, 0.1) is 0 Å². The van der Waals surface area contributed by atoms with Crippen molar-refractivity contribution < 1.29 is 14.2 Å². The molecule has 9 nitrogen and oxygen atoms in total. The van der Waals surface area contributed by atoms with Gasteiger partial charge in [0.2, 0.25) is 11.9 Å². The summed E-state index contributed by atoms with van der Waals surface area (Å²) in [5, 5.41) is 3.17. The molecule has 0 bridgehead atoms. The summed E-state index contributed by atoms with van der Waals surface area (Å²) >= 11 is 0. The maximum atomic E-state index is 5.65. The fourth-order valence-electron chi connectivity index (χ4n) is 2.39. The van der Waals surface area contributed by atoms with Crippen molar-refractivity contribution in [3.05, 3.63) is 0 Å². The van der Waals surface area contributed by atoms with Gasteiger partial charge in [-0.25, -0.2) is 0 Å². The molecule has 1 aliphatic heterocycles. The Bertz CT molecular complexity index is 497. The van der Waals surface area contributed by atoms with E-state index < -0.39 is 0 Å². The molecule has 0 saturated carbocycles. The standard InChI is InChI=1S/C16H30N6O3/c1-13(2)25-16-20-14(18-6-10-24-12-11-23-9-5-17)19-15(21-16)22-7-3-4-8-22/h13H,3-12,17H2,1-2H3,(H,18,19,20,21). The number of hydrogen-bond donors (Lipinski definition) is 2. The summed E-state index contributed by atoms with van der Waals surface area (Å²) in [7, 11) is 0. The molecule has 1 aliphatic rings. The van der Waals surface area contributed by atoms with Crippen LogP contribution in [0.2, 0.25) is 0 Å². The van der Waals surface area contributed by atoms with Crippen molar-refractivity contribution >= 4 is 11.9 Å². The highest BCUT2D eigenvalue weighted by Crippen LogP contribution is 2.19. The van der Waals surface area contributed by atoms with Gasteiger partial charge < -0.3 is 30.2 Å². The Morgan fingerprint density at radius 1 is 1.04 bits per heavy atom. The van der Waals surface area contributed by atoms with E-state index in [-0.39, 0.29) is 6.10 Å². The van der Waals surface area contributed by atoms with Crippen molar-refractivity contribution in [3.63, 3.8) is 0 Å². The normalized spacial score (nSPS) is 14.3. The highest BCUT2D eigenvalue weighted by atomic mass is 16.5. The van der Waals surface area contributed by atoms with Crippen LogP contribution in [0.3, 0.4) is 0 Å². The molecule has 142 valence electrons. The van der Waals surface area contributed by atoms with Gasteiger partial charge in [0.15, 0.2) is 0 Å². The van der Waals surface area contributed by atoms with E-state index in [1.165, 1.54) is 0 Å². The summed E-state index contributed by atoms with van der Waals surface area (Å²) in [6, 6.07) is 0.352. The van der Waals surface area contributed by atoms with Crippen molar-refractivity contribution in [3.8, 4) is 6.01 Å². The molecule has 0 amide bonds. The van der Waals surface area contributed by atoms with Gasteiger partial charge in [0, 0.05) is 26.2 Å². The van der Waals surface area contributed by atoms with Crippen LogP contribution in [-0.2, 0) is 9.47 Å². The summed E-state index contributed by atoms with van der Waals surface area (Å²) < 4.78 is 16.4. The fourth-order valence-corrected chi connectivity index (χ4v) is 2.39. The Kier molecular flexibility index (Phi) is 8.64. The lowest BCUT2D eigenvalue weighted by Crippen LogP contribution is -2.23. The Morgan fingerprint density at radius 2 is 1.76 bits per heavy atom. The van der Waals surface area contributed by atoms with Gasteiger partial charge in [0.1, 0.15) is 0 Å². The van der Waals surface area contributed by atoms with Crippen LogP contribution in [0.15, 0.2) is 0 Å². The first-order valence-corrected chi connectivity index (χ1v) is 8.96. The predicted octanol–water partition coefficient (Wildman–Crippen LogP) is 0.663. The van der Waals surface area contributed by atoms with Crippen LogP contribution in [0.5, 0.6) is 6.01 Å². The quantitative estimate of drug-likeness (QED) is 0.523. The topological polar surface area (TPSA) is 108 Å². The number of nitrogens with one attached hydrogen (secondary N) is 1. The molecule has 25 heavy (non-hydrogen) atoms. The van der Waals surface area contributed by atoms with Gasteiger partial charge in [0.05, 0.1) is 32.5 Å². The number of anilines is 2. The van der Waals surface area contributed by atoms with E-state index in [0.717, 1.165) is 25.9 Å². The number of nitrogens with two attached hydrogens (primary N) is 1. The van der Waals surface area contributed by atoms with E-state index in [1.807, 2.05) is 13.8 Å². The van der Waals surface area contributed by atoms with Crippen molar-refractivity contribution in [2.45, 2.75) is 32.8 Å². The van der Waals surface area contributed by atoms with Gasteiger partial charge in [-0.3, -0.25) is 0 Å². The Balaban J connectivity index is 1.82. The molecule has 9 heteroatoms. The highest BCUT2D eigenvalue weighted by Gasteiger charge is 2.18. The summed E-state index contributed by atoms with van der Waals surface area (Å²) in [5.41, 5.74) is 5.35. The largest absolute Gasteiger partial charge is 0.461 e. The first-order valence-electron chi connectivity index (χ1n) is 8.96. The molecule has 3 N–H and O–H groups in total. The molecule has 0 aliphatic carbocycles. The fraction of sp³-hybridized carbons (Fsp3) is 0.812. The predicted molar refractivity (Wildman–Crippen MR) is 96.2 cm³/mol. The van der Waals surface area contributed by atoms with E-state index in [4.69, 9.17) is 19.9 Å². The van der Waals surface area contributed by atoms with Crippen molar-refractivity contribution in [2.75, 3.05) is 62.8 Å². The molecule has 2 heterocycles. The third-order valence-corrected chi connectivity index (χ3v) is 3.50. The number of nitrogens with zero attached hydrogens (tertiary/aromatic N) is 4. The minimum atomic E-state index is 0.0125. The zero-order valence-corrected chi connectivity index (χ0v) is 15.2. The molecular formula is C16H30N6O3. The van der Waals surface area contributed by atoms with Crippen molar-refractivity contribution in [2.24, 2.45) is 5.73 Å². The summed E-state index contributed by atoms with van der Waals surface area (Å²) in [5.74, 6) is 1.18. The molecule has 0 spiro atoms. The number of aromatic nitrogens is 3. The third kappa shape index (κ3) is 7.37. The molecule has 2 rings (SSSR count). The molecule has 0 radical (unpaired) electrons. The van der Waals surface area contributed by atoms with E-state index in [1.54, 1.807) is 0 Å². The lowest BCUT2D eigenvalue weighted by molar-refractivity contribution is 0.0547. The zero-order valence-electron chi connectivity index (χ0n) is 15.2. The minimum absolute atomic E-state index is 0.0125. The maximum absolute atomic E-state index is 5.65. The Labute approximate surface area is 149 Å².